The third kappa shape index (κ3) is 4.58. The lowest BCUT2D eigenvalue weighted by Gasteiger charge is -2.39. The number of hydrogen-bond donors (Lipinski definition) is 3. The number of hydrogen-bond acceptors (Lipinski definition) is 6. The van der Waals surface area contributed by atoms with Gasteiger partial charge in [-0.25, -0.2) is 9.98 Å². The second-order valence-electron chi connectivity index (χ2n) is 8.68. The number of benzene rings is 1. The molecule has 0 spiro atoms. The van der Waals surface area contributed by atoms with Crippen LogP contribution in [-0.2, 0) is 4.74 Å². The third-order valence-electron chi connectivity index (χ3n) is 6.13. The summed E-state index contributed by atoms with van der Waals surface area (Å²) in [5.74, 6) is 1.07. The molecule has 3 unspecified atom stereocenters. The van der Waals surface area contributed by atoms with Crippen LogP contribution in [0.5, 0.6) is 0 Å². The molecule has 7 nitrogen and oxygen atoms in total. The lowest BCUT2D eigenvalue weighted by molar-refractivity contribution is -0.0239. The molecule has 4 rings (SSSR count). The summed E-state index contributed by atoms with van der Waals surface area (Å²) in [5.41, 5.74) is 15.5. The van der Waals surface area contributed by atoms with Gasteiger partial charge in [-0.15, -0.1) is 0 Å². The zero-order valence-corrected chi connectivity index (χ0v) is 17.9. The summed E-state index contributed by atoms with van der Waals surface area (Å²) in [5, 5.41) is 10.7. The van der Waals surface area contributed by atoms with Crippen LogP contribution < -0.4 is 16.4 Å². The molecule has 0 amide bonds. The first kappa shape index (κ1) is 21.0. The van der Waals surface area contributed by atoms with E-state index in [0.29, 0.717) is 18.5 Å². The highest BCUT2D eigenvalue weighted by molar-refractivity contribution is 6.04. The number of aliphatic hydroxyl groups excluding tert-OH is 1. The van der Waals surface area contributed by atoms with Gasteiger partial charge in [-0.2, -0.15) is 0 Å². The second-order valence-corrected chi connectivity index (χ2v) is 8.68. The zero-order valence-electron chi connectivity index (χ0n) is 17.9. The molecule has 5 N–H and O–H groups in total. The van der Waals surface area contributed by atoms with Gasteiger partial charge in [0, 0.05) is 24.5 Å². The molecule has 1 aromatic carbocycles. The van der Waals surface area contributed by atoms with Crippen molar-refractivity contribution in [1.29, 1.82) is 0 Å². The summed E-state index contributed by atoms with van der Waals surface area (Å²) in [6, 6.07) is 8.22. The number of pyridine rings is 1. The van der Waals surface area contributed by atoms with Crippen molar-refractivity contribution < 1.29 is 9.84 Å². The van der Waals surface area contributed by atoms with Crippen LogP contribution >= 0.6 is 0 Å². The number of piperidine rings is 1. The van der Waals surface area contributed by atoms with Gasteiger partial charge in [-0.3, -0.25) is 0 Å². The molecule has 0 bridgehead atoms. The Labute approximate surface area is 178 Å². The van der Waals surface area contributed by atoms with E-state index in [4.69, 9.17) is 21.2 Å². The predicted octanol–water partition coefficient (Wildman–Crippen LogP) is 2.45. The number of aromatic nitrogens is 1. The molecule has 1 saturated heterocycles. The van der Waals surface area contributed by atoms with Crippen molar-refractivity contribution >= 4 is 22.6 Å². The Balaban J connectivity index is 1.69. The normalized spacial score (nSPS) is 24.5. The highest BCUT2D eigenvalue weighted by Gasteiger charge is 2.32. The molecule has 162 valence electrons. The van der Waals surface area contributed by atoms with E-state index in [1.807, 2.05) is 12.1 Å². The summed E-state index contributed by atoms with van der Waals surface area (Å²) < 4.78 is 6.39. The molecule has 1 aliphatic carbocycles. The predicted molar refractivity (Wildman–Crippen MR) is 121 cm³/mol. The van der Waals surface area contributed by atoms with Crippen molar-refractivity contribution in [1.82, 2.24) is 4.98 Å². The fourth-order valence-electron chi connectivity index (χ4n) is 4.53. The molecule has 1 saturated carbocycles. The number of fused-ring (bicyclic) bond motifs is 1. The molecule has 1 aromatic heterocycles. The molecule has 2 aromatic rings. The monoisotopic (exact) mass is 411 g/mol. The Morgan fingerprint density at radius 1 is 1.27 bits per heavy atom. The van der Waals surface area contributed by atoms with Crippen molar-refractivity contribution in [2.24, 2.45) is 16.5 Å². The van der Waals surface area contributed by atoms with Crippen LogP contribution in [0.4, 0.5) is 5.82 Å². The molecule has 7 heteroatoms. The average molecular weight is 412 g/mol. The van der Waals surface area contributed by atoms with Crippen molar-refractivity contribution in [3.8, 4) is 0 Å². The van der Waals surface area contributed by atoms with Gasteiger partial charge < -0.3 is 26.2 Å². The molecule has 0 radical (unpaired) electrons. The smallest absolute Gasteiger partial charge is 0.144 e. The topological polar surface area (TPSA) is 110 Å². The SMILES string of the molecule is Cc1ccc2nc(N3CCC(N)C(OC4CCCC4)C3)c(C(N)=NC(C)O)cc2c1. The van der Waals surface area contributed by atoms with Crippen LogP contribution in [0.1, 0.15) is 50.2 Å². The van der Waals surface area contributed by atoms with E-state index < -0.39 is 6.23 Å². The maximum Gasteiger partial charge on any atom is 0.144 e. The lowest BCUT2D eigenvalue weighted by Crippen LogP contribution is -2.53. The molecule has 2 aliphatic rings. The van der Waals surface area contributed by atoms with E-state index in [1.54, 1.807) is 6.92 Å². The number of aryl methyl sites for hydroxylation is 1. The molecular weight excluding hydrogens is 378 g/mol. The highest BCUT2D eigenvalue weighted by Crippen LogP contribution is 2.29. The van der Waals surface area contributed by atoms with E-state index in [0.717, 1.165) is 53.7 Å². The lowest BCUT2D eigenvalue weighted by atomic mass is 10.0. The minimum atomic E-state index is -0.876. The fourth-order valence-corrected chi connectivity index (χ4v) is 4.53. The Morgan fingerprint density at radius 2 is 2.03 bits per heavy atom. The first-order valence-corrected chi connectivity index (χ1v) is 11.0. The third-order valence-corrected chi connectivity index (χ3v) is 6.13. The average Bonchev–Trinajstić information content (AvgIpc) is 3.21. The van der Waals surface area contributed by atoms with Gasteiger partial charge in [0.15, 0.2) is 0 Å². The number of aliphatic imine (C=N–C) groups is 1. The standard InChI is InChI=1S/C23H33N5O2/c1-14-7-8-20-16(11-14)12-18(22(25)26-15(2)29)23(27-20)28-10-9-19(24)21(13-28)30-17-5-3-4-6-17/h7-8,11-12,15,17,19,21,29H,3-6,9-10,13,24H2,1-2H3,(H2,25,26). The van der Waals surface area contributed by atoms with Crippen molar-refractivity contribution in [2.75, 3.05) is 18.0 Å². The van der Waals surface area contributed by atoms with Crippen LogP contribution in [0.25, 0.3) is 10.9 Å². The first-order valence-electron chi connectivity index (χ1n) is 11.0. The summed E-state index contributed by atoms with van der Waals surface area (Å²) in [6.45, 7) is 5.11. The Morgan fingerprint density at radius 3 is 2.77 bits per heavy atom. The van der Waals surface area contributed by atoms with Crippen molar-refractivity contribution in [3.63, 3.8) is 0 Å². The number of rotatable bonds is 5. The van der Waals surface area contributed by atoms with Crippen molar-refractivity contribution in [2.45, 2.75) is 70.4 Å². The largest absolute Gasteiger partial charge is 0.383 e. The Hall–Kier alpha value is -2.22. The van der Waals surface area contributed by atoms with Gasteiger partial charge in [-0.05, 0) is 51.3 Å². The summed E-state index contributed by atoms with van der Waals surface area (Å²) in [6.07, 6.45) is 4.95. The number of aliphatic hydroxyl groups is 1. The van der Waals surface area contributed by atoms with Gasteiger partial charge in [0.05, 0.1) is 23.3 Å². The van der Waals surface area contributed by atoms with Gasteiger partial charge in [0.2, 0.25) is 0 Å². The van der Waals surface area contributed by atoms with Crippen LogP contribution in [0, 0.1) is 6.92 Å². The fraction of sp³-hybridized carbons (Fsp3) is 0.565. The number of nitrogens with zero attached hydrogens (tertiary/aromatic N) is 3. The maximum absolute atomic E-state index is 9.74. The summed E-state index contributed by atoms with van der Waals surface area (Å²) >= 11 is 0. The highest BCUT2D eigenvalue weighted by atomic mass is 16.5. The minimum Gasteiger partial charge on any atom is -0.383 e. The van der Waals surface area contributed by atoms with Gasteiger partial charge in [-0.1, -0.05) is 24.5 Å². The van der Waals surface area contributed by atoms with Crippen LogP contribution in [0.3, 0.4) is 0 Å². The number of ether oxygens (including phenoxy) is 1. The summed E-state index contributed by atoms with van der Waals surface area (Å²) in [7, 11) is 0. The van der Waals surface area contributed by atoms with E-state index in [9.17, 15) is 5.11 Å². The van der Waals surface area contributed by atoms with E-state index >= 15 is 0 Å². The van der Waals surface area contributed by atoms with Gasteiger partial charge in [0.25, 0.3) is 0 Å². The van der Waals surface area contributed by atoms with Crippen LogP contribution in [-0.4, -0.2) is 53.5 Å². The van der Waals surface area contributed by atoms with Crippen molar-refractivity contribution in [3.05, 3.63) is 35.4 Å². The Kier molecular flexibility index (Phi) is 6.22. The first-order chi connectivity index (χ1) is 14.4. The van der Waals surface area contributed by atoms with E-state index in [1.165, 1.54) is 12.8 Å². The molecular formula is C23H33N5O2. The molecule has 1 aliphatic heterocycles. The zero-order chi connectivity index (χ0) is 21.3. The molecule has 30 heavy (non-hydrogen) atoms. The molecule has 2 fully saturated rings. The molecule has 3 atom stereocenters. The van der Waals surface area contributed by atoms with E-state index in [-0.39, 0.29) is 12.1 Å². The van der Waals surface area contributed by atoms with E-state index in [2.05, 4.69) is 28.9 Å². The quantitative estimate of drug-likeness (QED) is 0.515. The molecule has 2 heterocycles. The number of anilines is 1. The summed E-state index contributed by atoms with van der Waals surface area (Å²) in [4.78, 5) is 11.3. The minimum absolute atomic E-state index is 0.0249. The Bertz CT molecular complexity index is 923. The van der Waals surface area contributed by atoms with Crippen LogP contribution in [0.2, 0.25) is 0 Å². The maximum atomic E-state index is 9.74. The van der Waals surface area contributed by atoms with Gasteiger partial charge >= 0.3 is 0 Å². The van der Waals surface area contributed by atoms with Gasteiger partial charge in [0.1, 0.15) is 17.9 Å². The van der Waals surface area contributed by atoms with Crippen LogP contribution in [0.15, 0.2) is 29.3 Å². The number of amidine groups is 1. The second kappa shape index (κ2) is 8.88. The number of nitrogens with two attached hydrogens (primary N) is 2.